The Morgan fingerprint density at radius 1 is 1.05 bits per heavy atom. The summed E-state index contributed by atoms with van der Waals surface area (Å²) in [7, 11) is -3.64. The molecule has 0 unspecified atom stereocenters. The van der Waals surface area contributed by atoms with E-state index < -0.39 is 31.5 Å². The molecule has 3 aromatic rings. The SMILES string of the molecule is CC(C)OC(=O)[C@H](C)N[P@](=O)(CO[C@@H](C)Cn1cnc2c(N)ncnc21)Oc1ccccc1.O=C(O)/C=C/C(=O)O. The van der Waals surface area contributed by atoms with Gasteiger partial charge >= 0.3 is 25.4 Å². The Kier molecular flexibility index (Phi) is 12.4. The summed E-state index contributed by atoms with van der Waals surface area (Å²) in [6.07, 6.45) is 3.13. The highest BCUT2D eigenvalue weighted by molar-refractivity contribution is 7.57. The number of carboxylic acids is 2. The van der Waals surface area contributed by atoms with Crippen molar-refractivity contribution in [3.8, 4) is 5.75 Å². The zero-order chi connectivity index (χ0) is 30.6. The normalized spacial score (nSPS) is 14.1. The smallest absolute Gasteiger partial charge is 0.342 e. The minimum Gasteiger partial charge on any atom is -0.478 e. The van der Waals surface area contributed by atoms with Crippen LogP contribution in [0.2, 0.25) is 0 Å². The molecule has 0 amide bonds. The number of nitrogens with zero attached hydrogens (tertiary/aromatic N) is 4. The maximum absolute atomic E-state index is 13.6. The fraction of sp³-hybridized carbons (Fsp3) is 0.360. The number of imidazole rings is 1. The topological polar surface area (TPSA) is 218 Å². The molecule has 0 bridgehead atoms. The highest BCUT2D eigenvalue weighted by Gasteiger charge is 2.32. The summed E-state index contributed by atoms with van der Waals surface area (Å²) in [6, 6.07) is 7.83. The van der Waals surface area contributed by atoms with Crippen LogP contribution in [0, 0.1) is 0 Å². The van der Waals surface area contributed by atoms with Crippen molar-refractivity contribution >= 4 is 42.4 Å². The van der Waals surface area contributed by atoms with Crippen LogP contribution >= 0.6 is 7.52 Å². The molecule has 3 atom stereocenters. The molecule has 0 aliphatic heterocycles. The Morgan fingerprint density at radius 2 is 1.68 bits per heavy atom. The molecule has 41 heavy (non-hydrogen) atoms. The first-order chi connectivity index (χ1) is 19.3. The van der Waals surface area contributed by atoms with E-state index >= 15 is 0 Å². The highest BCUT2D eigenvalue weighted by atomic mass is 31.2. The number of aliphatic carboxylic acids is 2. The zero-order valence-corrected chi connectivity index (χ0v) is 23.8. The fourth-order valence-electron chi connectivity index (χ4n) is 3.15. The highest BCUT2D eigenvalue weighted by Crippen LogP contribution is 2.44. The van der Waals surface area contributed by atoms with Gasteiger partial charge in [0.2, 0.25) is 0 Å². The van der Waals surface area contributed by atoms with E-state index in [2.05, 4.69) is 20.0 Å². The lowest BCUT2D eigenvalue weighted by atomic mass is 10.3. The van der Waals surface area contributed by atoms with Crippen molar-refractivity contribution in [2.24, 2.45) is 0 Å². The number of nitrogens with two attached hydrogens (primary N) is 1. The fourth-order valence-corrected chi connectivity index (χ4v) is 4.94. The number of carbonyl (C=O) groups is 3. The lowest BCUT2D eigenvalue weighted by Gasteiger charge is -2.25. The Labute approximate surface area is 235 Å². The van der Waals surface area contributed by atoms with Crippen LogP contribution in [0.15, 0.2) is 55.1 Å². The number of fused-ring (bicyclic) bond motifs is 1. The van der Waals surface area contributed by atoms with E-state index in [1.165, 1.54) is 6.33 Å². The molecule has 5 N–H and O–H groups in total. The minimum atomic E-state index is -3.64. The Morgan fingerprint density at radius 3 is 2.27 bits per heavy atom. The van der Waals surface area contributed by atoms with Gasteiger partial charge in [0.15, 0.2) is 11.5 Å². The number of para-hydroxylation sites is 1. The predicted molar refractivity (Wildman–Crippen MR) is 148 cm³/mol. The first kappa shape index (κ1) is 32.9. The summed E-state index contributed by atoms with van der Waals surface area (Å²) in [4.78, 5) is 43.7. The standard InChI is InChI=1S/C21H29N6O5P.C4H4O4/c1-14(2)31-21(28)16(4)26-33(29,32-17-8-6-5-7-9-17)13-30-15(3)10-27-12-25-18-19(22)23-11-24-20(18)27;5-3(6)1-2-4(7)8/h5-9,11-12,14-16H,10,13H2,1-4H3,(H,26,29)(H2,22,23,24);1-2H,(H,5,6)(H,7,8)/b;2-1+/t15-,16-,33-;/m0./s1. The number of hydrogen-bond acceptors (Lipinski definition) is 11. The molecule has 2 aromatic heterocycles. The number of benzene rings is 1. The molecule has 0 saturated carbocycles. The van der Waals surface area contributed by atoms with Crippen molar-refractivity contribution in [2.45, 2.75) is 52.5 Å². The van der Waals surface area contributed by atoms with E-state index in [0.29, 0.717) is 41.4 Å². The Hall–Kier alpha value is -4.33. The molecule has 222 valence electrons. The number of anilines is 1. The van der Waals surface area contributed by atoms with Crippen LogP contribution in [0.25, 0.3) is 11.2 Å². The average molecular weight is 593 g/mol. The second-order valence-corrected chi connectivity index (χ2v) is 10.9. The van der Waals surface area contributed by atoms with Crippen LogP contribution in [0.3, 0.4) is 0 Å². The minimum absolute atomic E-state index is 0.272. The third kappa shape index (κ3) is 11.4. The monoisotopic (exact) mass is 592 g/mol. The quantitative estimate of drug-likeness (QED) is 0.127. The van der Waals surface area contributed by atoms with Crippen molar-refractivity contribution in [2.75, 3.05) is 12.1 Å². The number of hydrogen-bond donors (Lipinski definition) is 4. The third-order valence-electron chi connectivity index (χ3n) is 4.87. The predicted octanol–water partition coefficient (Wildman–Crippen LogP) is 2.68. The Balaban J connectivity index is 0.000000642. The molecule has 0 aliphatic rings. The molecule has 3 rings (SSSR count). The van der Waals surface area contributed by atoms with Gasteiger partial charge in [0, 0.05) is 12.2 Å². The summed E-state index contributed by atoms with van der Waals surface area (Å²) in [6.45, 7) is 7.25. The lowest BCUT2D eigenvalue weighted by molar-refractivity contribution is -0.149. The van der Waals surface area contributed by atoms with Crippen molar-refractivity contribution in [1.29, 1.82) is 0 Å². The molecule has 1 aromatic carbocycles. The van der Waals surface area contributed by atoms with Gasteiger partial charge in [0.25, 0.3) is 0 Å². The van der Waals surface area contributed by atoms with Crippen LogP contribution in [0.4, 0.5) is 5.82 Å². The summed E-state index contributed by atoms with van der Waals surface area (Å²) >= 11 is 0. The maximum atomic E-state index is 13.6. The maximum Gasteiger partial charge on any atom is 0.342 e. The first-order valence-electron chi connectivity index (χ1n) is 12.3. The molecule has 0 saturated heterocycles. The van der Waals surface area contributed by atoms with Crippen LogP contribution in [-0.2, 0) is 35.0 Å². The lowest BCUT2D eigenvalue weighted by Crippen LogP contribution is -2.37. The van der Waals surface area contributed by atoms with Gasteiger partial charge in [-0.1, -0.05) is 18.2 Å². The van der Waals surface area contributed by atoms with Gasteiger partial charge in [0.05, 0.1) is 25.1 Å². The number of carbonyl (C=O) groups excluding carboxylic acids is 1. The molecule has 0 fully saturated rings. The summed E-state index contributed by atoms with van der Waals surface area (Å²) in [5, 5.41) is 18.4. The van der Waals surface area contributed by atoms with Gasteiger partial charge in [-0.25, -0.2) is 29.6 Å². The molecule has 0 spiro atoms. The van der Waals surface area contributed by atoms with Gasteiger partial charge in [-0.3, -0.25) is 9.36 Å². The second-order valence-electron chi connectivity index (χ2n) is 8.86. The van der Waals surface area contributed by atoms with E-state index in [1.54, 1.807) is 55.9 Å². The van der Waals surface area contributed by atoms with Crippen molar-refractivity contribution in [3.05, 3.63) is 55.1 Å². The van der Waals surface area contributed by atoms with E-state index in [1.807, 2.05) is 13.0 Å². The van der Waals surface area contributed by atoms with Crippen molar-refractivity contribution < 1.29 is 43.2 Å². The van der Waals surface area contributed by atoms with Gasteiger partial charge < -0.3 is 34.5 Å². The molecular formula is C25H33N6O9P. The number of rotatable bonds is 13. The van der Waals surface area contributed by atoms with Crippen LogP contribution in [0.1, 0.15) is 27.7 Å². The summed E-state index contributed by atoms with van der Waals surface area (Å²) < 4.78 is 32.2. The number of esters is 1. The number of nitrogens with one attached hydrogen (secondary N) is 1. The number of nitrogen functional groups attached to an aromatic ring is 1. The van der Waals surface area contributed by atoms with E-state index in [0.717, 1.165) is 0 Å². The van der Waals surface area contributed by atoms with Gasteiger partial charge in [0.1, 0.15) is 30.0 Å². The number of ether oxygens (including phenoxy) is 2. The summed E-state index contributed by atoms with van der Waals surface area (Å²) in [5.41, 5.74) is 6.91. The van der Waals surface area contributed by atoms with Crippen LogP contribution in [0.5, 0.6) is 5.75 Å². The Bertz CT molecular complexity index is 1380. The summed E-state index contributed by atoms with van der Waals surface area (Å²) in [5.74, 6) is -2.36. The molecule has 2 heterocycles. The van der Waals surface area contributed by atoms with E-state index in [4.69, 9.17) is 29.9 Å². The van der Waals surface area contributed by atoms with Crippen molar-refractivity contribution in [3.63, 3.8) is 0 Å². The molecule has 15 nitrogen and oxygen atoms in total. The van der Waals surface area contributed by atoms with E-state index in [-0.39, 0.29) is 18.6 Å². The van der Waals surface area contributed by atoms with Gasteiger partial charge in [-0.15, -0.1) is 0 Å². The average Bonchev–Trinajstić information content (AvgIpc) is 3.30. The molecule has 16 heteroatoms. The number of aromatic nitrogens is 4. The van der Waals surface area contributed by atoms with Gasteiger partial charge in [-0.2, -0.15) is 0 Å². The number of carboxylic acid groups (broad SMARTS) is 2. The van der Waals surface area contributed by atoms with E-state index in [9.17, 15) is 18.9 Å². The van der Waals surface area contributed by atoms with Gasteiger partial charge in [-0.05, 0) is 39.8 Å². The zero-order valence-electron chi connectivity index (χ0n) is 22.9. The second kappa shape index (κ2) is 15.5. The first-order valence-corrected chi connectivity index (χ1v) is 14.1. The largest absolute Gasteiger partial charge is 0.478 e. The van der Waals surface area contributed by atoms with Crippen molar-refractivity contribution in [1.82, 2.24) is 24.6 Å². The molecule has 0 radical (unpaired) electrons. The third-order valence-corrected chi connectivity index (χ3v) is 6.65. The van der Waals surface area contributed by atoms with Crippen LogP contribution < -0.4 is 15.3 Å². The molecular weight excluding hydrogens is 559 g/mol. The molecule has 0 aliphatic carbocycles. The van der Waals surface area contributed by atoms with Crippen LogP contribution in [-0.4, -0.2) is 72.2 Å².